The number of likely N-dealkylation sites (N-methyl/N-ethyl adjacent to an activating group) is 1. The molecule has 17 nitrogen and oxygen atoms in total. The van der Waals surface area contributed by atoms with E-state index in [2.05, 4.69) is 11.9 Å². The van der Waals surface area contributed by atoms with Gasteiger partial charge < -0.3 is 54.8 Å². The van der Waals surface area contributed by atoms with Crippen LogP contribution in [0.15, 0.2) is 79.4 Å². The average molecular weight is 788 g/mol. The number of benzene rings is 2. The number of nitrogens with zero attached hydrogens (tertiary/aromatic N) is 3. The van der Waals surface area contributed by atoms with Crippen molar-refractivity contribution in [2.75, 3.05) is 51.5 Å². The van der Waals surface area contributed by atoms with Crippen molar-refractivity contribution >= 4 is 40.5 Å². The van der Waals surface area contributed by atoms with Crippen molar-refractivity contribution in [3.8, 4) is 17.1 Å². The van der Waals surface area contributed by atoms with Gasteiger partial charge in [0.05, 0.1) is 23.8 Å². The van der Waals surface area contributed by atoms with Gasteiger partial charge in [-0.1, -0.05) is 37.3 Å². The molecule has 0 bridgehead atoms. The van der Waals surface area contributed by atoms with Gasteiger partial charge in [-0.2, -0.15) is 0 Å². The molecule has 3 aromatic rings. The Bertz CT molecular complexity index is 2290. The Hall–Kier alpha value is -6.33. The highest BCUT2D eigenvalue weighted by molar-refractivity contribution is 6.24. The Morgan fingerprint density at radius 2 is 1.75 bits per heavy atom. The quantitative estimate of drug-likeness (QED) is 0.0828. The van der Waals surface area contributed by atoms with Gasteiger partial charge in [-0.3, -0.25) is 24.1 Å². The van der Waals surface area contributed by atoms with Crippen LogP contribution in [0.1, 0.15) is 36.7 Å². The number of carbonyl (C=O) groups excluding carboxylic acids is 4. The SMILES string of the molecule is C=C(OCc1oc(=O)oc1-c1ccccc1)N(CCC)CC(=O)Nc1cc(N(C)C)c2c(c1O)C(O)=C1C(=O)[C@]3(O)C(O)=C(C(N)=O)C(=O)[C@@H](N(C)C)C3CC1C2. The van der Waals surface area contributed by atoms with Gasteiger partial charge in [0.2, 0.25) is 11.7 Å². The summed E-state index contributed by atoms with van der Waals surface area (Å²) >= 11 is 0. The maximum atomic E-state index is 14.3. The van der Waals surface area contributed by atoms with Crippen LogP contribution in [0.5, 0.6) is 5.75 Å². The predicted molar refractivity (Wildman–Crippen MR) is 206 cm³/mol. The topological polar surface area (TPSA) is 250 Å². The minimum Gasteiger partial charge on any atom is -0.508 e. The van der Waals surface area contributed by atoms with E-state index in [9.17, 15) is 44.4 Å². The number of carbonyl (C=O) groups is 4. The maximum absolute atomic E-state index is 14.3. The van der Waals surface area contributed by atoms with Crippen molar-refractivity contribution in [3.63, 3.8) is 0 Å². The van der Waals surface area contributed by atoms with E-state index >= 15 is 0 Å². The van der Waals surface area contributed by atoms with Crippen molar-refractivity contribution in [2.45, 2.75) is 44.4 Å². The third-order valence-electron chi connectivity index (χ3n) is 10.7. The summed E-state index contributed by atoms with van der Waals surface area (Å²) in [6.07, 6.45) is 0.574. The number of aromatic hydroxyl groups is 1. The molecule has 1 fully saturated rings. The molecule has 2 amide bonds. The van der Waals surface area contributed by atoms with Crippen molar-refractivity contribution in [3.05, 3.63) is 93.3 Å². The number of hydrogen-bond acceptors (Lipinski definition) is 15. The van der Waals surface area contributed by atoms with Crippen molar-refractivity contribution < 1.29 is 53.2 Å². The summed E-state index contributed by atoms with van der Waals surface area (Å²) in [6.45, 7) is 5.62. The number of rotatable bonds is 13. The first-order valence-electron chi connectivity index (χ1n) is 18.2. The highest BCUT2D eigenvalue weighted by Gasteiger charge is 2.64. The number of aliphatic hydroxyl groups excluding tert-OH is 2. The number of amides is 2. The third-order valence-corrected chi connectivity index (χ3v) is 10.7. The number of aliphatic hydroxyl groups is 3. The number of Topliss-reactive ketones (excluding diaryl/α,β-unsaturated/α-hetero) is 2. The Labute approximate surface area is 326 Å². The summed E-state index contributed by atoms with van der Waals surface area (Å²) < 4.78 is 16.3. The van der Waals surface area contributed by atoms with Crippen LogP contribution in [0, 0.1) is 11.8 Å². The van der Waals surface area contributed by atoms with E-state index in [1.54, 1.807) is 49.3 Å². The molecule has 0 aliphatic heterocycles. The van der Waals surface area contributed by atoms with Gasteiger partial charge in [-0.05, 0) is 57.5 Å². The molecule has 1 saturated carbocycles. The van der Waals surface area contributed by atoms with Crippen LogP contribution in [-0.2, 0) is 36.9 Å². The number of phenols is 1. The van der Waals surface area contributed by atoms with Crippen LogP contribution in [-0.4, -0.2) is 107 Å². The van der Waals surface area contributed by atoms with E-state index in [-0.39, 0.29) is 60.2 Å². The largest absolute Gasteiger partial charge is 0.519 e. The molecule has 2 unspecified atom stereocenters. The van der Waals surface area contributed by atoms with Crippen LogP contribution in [0.4, 0.5) is 11.4 Å². The molecular formula is C40H45N5O12. The molecule has 3 aliphatic rings. The predicted octanol–water partition coefficient (Wildman–Crippen LogP) is 2.58. The van der Waals surface area contributed by atoms with Crippen molar-refractivity contribution in [1.82, 2.24) is 9.80 Å². The molecule has 3 aliphatic carbocycles. The molecule has 1 heterocycles. The second-order valence-electron chi connectivity index (χ2n) is 14.7. The highest BCUT2D eigenvalue weighted by Crippen LogP contribution is 2.54. The summed E-state index contributed by atoms with van der Waals surface area (Å²) in [6, 6.07) is 9.13. The Balaban J connectivity index is 1.29. The molecule has 17 heteroatoms. The number of nitrogens with one attached hydrogen (secondary N) is 1. The smallest absolute Gasteiger partial charge is 0.508 e. The number of fused-ring (bicyclic) bond motifs is 3. The lowest BCUT2D eigenvalue weighted by Gasteiger charge is -2.50. The second-order valence-corrected chi connectivity index (χ2v) is 14.7. The molecule has 7 N–H and O–H groups in total. The van der Waals surface area contributed by atoms with Gasteiger partial charge in [0.25, 0.3) is 5.91 Å². The fraction of sp³-hybridized carbons (Fsp3) is 0.375. The molecule has 57 heavy (non-hydrogen) atoms. The van der Waals surface area contributed by atoms with Gasteiger partial charge >= 0.3 is 5.82 Å². The second kappa shape index (κ2) is 15.3. The number of nitrogens with two attached hydrogens (primary N) is 1. The Morgan fingerprint density at radius 3 is 2.37 bits per heavy atom. The van der Waals surface area contributed by atoms with Crippen molar-refractivity contribution in [1.29, 1.82) is 0 Å². The lowest BCUT2D eigenvalue weighted by molar-refractivity contribution is -0.153. The number of phenolic OH excluding ortho intramolecular Hbond substituents is 1. The highest BCUT2D eigenvalue weighted by atomic mass is 16.6. The van der Waals surface area contributed by atoms with Crippen LogP contribution in [0.2, 0.25) is 0 Å². The van der Waals surface area contributed by atoms with E-state index in [0.29, 0.717) is 29.8 Å². The zero-order chi connectivity index (χ0) is 41.7. The molecule has 0 radical (unpaired) electrons. The van der Waals surface area contributed by atoms with Crippen LogP contribution < -0.4 is 21.8 Å². The zero-order valence-corrected chi connectivity index (χ0v) is 32.1. The average Bonchev–Trinajstić information content (AvgIpc) is 3.53. The number of ether oxygens (including phenoxy) is 1. The lowest BCUT2D eigenvalue weighted by Crippen LogP contribution is -2.65. The van der Waals surface area contributed by atoms with Crippen LogP contribution >= 0.6 is 0 Å². The standard InChI is InChI=1S/C40H45N5O12/c1-7-13-45(19(2)55-18-26-35(57-39(53)56-26)20-11-9-8-10-12-20)17-27(46)42-24-16-25(43(3)4)22-14-21-15-23-31(44(5)6)34(49)30(38(41)52)37(51)40(23,54)36(50)28(21)33(48)29(22)32(24)47/h8-12,16,21,23,31,47-48,51,54H,2,7,13-15,17-18H2,1,3-6H3,(H2,41,52)(H,42,46)/t21?,23?,31-,40-/m0/s1. The molecule has 0 spiro atoms. The van der Waals surface area contributed by atoms with Gasteiger partial charge in [-0.25, -0.2) is 4.79 Å². The van der Waals surface area contributed by atoms with Gasteiger partial charge in [0.15, 0.2) is 35.4 Å². The Kier molecular flexibility index (Phi) is 10.8. The Morgan fingerprint density at radius 1 is 1.07 bits per heavy atom. The van der Waals surface area contributed by atoms with Gasteiger partial charge in [-0.15, -0.1) is 0 Å². The van der Waals surface area contributed by atoms with E-state index in [1.165, 1.54) is 30.0 Å². The van der Waals surface area contributed by atoms with Crippen molar-refractivity contribution in [2.24, 2.45) is 17.6 Å². The van der Waals surface area contributed by atoms with E-state index in [4.69, 9.17) is 19.3 Å². The van der Waals surface area contributed by atoms with E-state index in [1.807, 2.05) is 6.92 Å². The minimum atomic E-state index is -2.80. The summed E-state index contributed by atoms with van der Waals surface area (Å²) in [5.74, 6) is -8.92. The summed E-state index contributed by atoms with van der Waals surface area (Å²) in [7, 11) is 6.48. The minimum absolute atomic E-state index is 0.0635. The monoisotopic (exact) mass is 787 g/mol. The molecular weight excluding hydrogens is 742 g/mol. The molecule has 2 aromatic carbocycles. The van der Waals surface area contributed by atoms with Crippen LogP contribution in [0.25, 0.3) is 17.1 Å². The third kappa shape index (κ3) is 6.92. The number of primary amides is 1. The first-order valence-corrected chi connectivity index (χ1v) is 18.2. The first kappa shape index (κ1) is 40.3. The normalized spacial score (nSPS) is 21.5. The maximum Gasteiger partial charge on any atom is 0.519 e. The number of hydrogen-bond donors (Lipinski definition) is 6. The summed E-state index contributed by atoms with van der Waals surface area (Å²) in [5.41, 5.74) is 2.61. The molecule has 0 saturated heterocycles. The summed E-state index contributed by atoms with van der Waals surface area (Å²) in [5, 5.41) is 49.2. The molecule has 4 atom stereocenters. The molecule has 1 aromatic heterocycles. The zero-order valence-electron chi connectivity index (χ0n) is 32.1. The fourth-order valence-electron chi connectivity index (χ4n) is 8.16. The first-order chi connectivity index (χ1) is 26.9. The van der Waals surface area contributed by atoms with E-state index < -0.39 is 75.5 Å². The number of anilines is 2. The van der Waals surface area contributed by atoms with Gasteiger partial charge in [0, 0.05) is 43.4 Å². The fourth-order valence-corrected chi connectivity index (χ4v) is 8.16. The molecule has 6 rings (SSSR count). The van der Waals surface area contributed by atoms with Gasteiger partial charge in [0.1, 0.15) is 22.8 Å². The van der Waals surface area contributed by atoms with E-state index in [0.717, 1.165) is 0 Å². The summed E-state index contributed by atoms with van der Waals surface area (Å²) in [4.78, 5) is 70.3. The van der Waals surface area contributed by atoms with Crippen LogP contribution in [0.3, 0.4) is 0 Å². The molecule has 302 valence electrons. The lowest BCUT2D eigenvalue weighted by atomic mass is 9.57. The number of ketones is 2.